The zero-order chi connectivity index (χ0) is 20.3. The first-order valence-electron chi connectivity index (χ1n) is 8.71. The van der Waals surface area contributed by atoms with Gasteiger partial charge >= 0.3 is 0 Å². The van der Waals surface area contributed by atoms with E-state index in [1.165, 1.54) is 16.4 Å². The lowest BCUT2D eigenvalue weighted by molar-refractivity contribution is -0.115. The molecule has 0 saturated carbocycles. The number of sulfonamides is 1. The highest BCUT2D eigenvalue weighted by molar-refractivity contribution is 7.93. The van der Waals surface area contributed by atoms with Crippen LogP contribution in [-0.2, 0) is 14.8 Å². The van der Waals surface area contributed by atoms with Crippen LogP contribution in [0.4, 0.5) is 11.4 Å². The molecule has 1 heterocycles. The highest BCUT2D eigenvalue weighted by atomic mass is 35.5. The van der Waals surface area contributed by atoms with Crippen molar-refractivity contribution in [2.75, 3.05) is 28.5 Å². The van der Waals surface area contributed by atoms with Gasteiger partial charge in [-0.1, -0.05) is 17.7 Å². The van der Waals surface area contributed by atoms with Crippen molar-refractivity contribution in [3.63, 3.8) is 0 Å². The van der Waals surface area contributed by atoms with Gasteiger partial charge in [-0.25, -0.2) is 8.42 Å². The first-order valence-corrected chi connectivity index (χ1v) is 10.7. The smallest absolute Gasteiger partial charge is 0.251 e. The second-order valence-corrected chi connectivity index (χ2v) is 8.92. The fraction of sp³-hybridized carbons (Fsp3) is 0.263. The van der Waals surface area contributed by atoms with Crippen LogP contribution in [0.1, 0.15) is 22.3 Å². The standard InChI is InChI=1S/C19H20ClN3O4S/c1-13-3-8-17(16(20)11-13)22-18(24)12-21-19(25)14-4-6-15(7-5-14)23-9-2-10-28(23,26)27/h3-8,11H,2,9-10,12H2,1H3,(H,21,25)(H,22,24). The molecule has 1 aliphatic rings. The predicted molar refractivity (Wildman–Crippen MR) is 109 cm³/mol. The highest BCUT2D eigenvalue weighted by Crippen LogP contribution is 2.24. The number of nitrogens with one attached hydrogen (secondary N) is 2. The second-order valence-electron chi connectivity index (χ2n) is 6.50. The first kappa shape index (κ1) is 20.2. The molecule has 1 saturated heterocycles. The molecule has 2 amide bonds. The summed E-state index contributed by atoms with van der Waals surface area (Å²) >= 11 is 6.07. The van der Waals surface area contributed by atoms with E-state index in [1.807, 2.05) is 13.0 Å². The number of halogens is 1. The third-order valence-corrected chi connectivity index (χ3v) is 6.51. The molecule has 0 atom stereocenters. The second kappa shape index (κ2) is 8.20. The molecule has 1 aliphatic heterocycles. The number of rotatable bonds is 5. The molecule has 3 rings (SSSR count). The van der Waals surface area contributed by atoms with E-state index in [2.05, 4.69) is 10.6 Å². The van der Waals surface area contributed by atoms with E-state index in [0.717, 1.165) is 5.56 Å². The lowest BCUT2D eigenvalue weighted by Gasteiger charge is -2.17. The van der Waals surface area contributed by atoms with Gasteiger partial charge in [0.25, 0.3) is 5.91 Å². The Balaban J connectivity index is 1.56. The van der Waals surface area contributed by atoms with Gasteiger partial charge in [0.05, 0.1) is 28.7 Å². The summed E-state index contributed by atoms with van der Waals surface area (Å²) in [5, 5.41) is 5.59. The van der Waals surface area contributed by atoms with Crippen LogP contribution >= 0.6 is 11.6 Å². The molecular weight excluding hydrogens is 402 g/mol. The summed E-state index contributed by atoms with van der Waals surface area (Å²) in [4.78, 5) is 24.3. The monoisotopic (exact) mass is 421 g/mol. The fourth-order valence-electron chi connectivity index (χ4n) is 2.89. The number of anilines is 2. The molecule has 9 heteroatoms. The van der Waals surface area contributed by atoms with Crippen LogP contribution < -0.4 is 14.9 Å². The van der Waals surface area contributed by atoms with Crippen LogP contribution in [0.5, 0.6) is 0 Å². The number of carbonyl (C=O) groups is 2. The summed E-state index contributed by atoms with van der Waals surface area (Å²) in [5.41, 5.74) is 2.31. The first-order chi connectivity index (χ1) is 13.3. The zero-order valence-electron chi connectivity index (χ0n) is 15.2. The van der Waals surface area contributed by atoms with Crippen molar-refractivity contribution in [1.82, 2.24) is 5.32 Å². The molecule has 7 nitrogen and oxygen atoms in total. The summed E-state index contributed by atoms with van der Waals surface area (Å²) in [7, 11) is -3.26. The quantitative estimate of drug-likeness (QED) is 0.775. The molecule has 2 aromatic carbocycles. The molecule has 0 bridgehead atoms. The average Bonchev–Trinajstić information content (AvgIpc) is 3.01. The Morgan fingerprint density at radius 3 is 2.46 bits per heavy atom. The molecule has 148 valence electrons. The fourth-order valence-corrected chi connectivity index (χ4v) is 4.73. The molecule has 0 unspecified atom stereocenters. The summed E-state index contributed by atoms with van der Waals surface area (Å²) < 4.78 is 25.2. The number of carbonyl (C=O) groups excluding carboxylic acids is 2. The molecule has 0 spiro atoms. The summed E-state index contributed by atoms with van der Waals surface area (Å²) in [6, 6.07) is 11.5. The molecule has 2 aromatic rings. The predicted octanol–water partition coefficient (Wildman–Crippen LogP) is 2.56. The van der Waals surface area contributed by atoms with Gasteiger partial charge in [-0.2, -0.15) is 0 Å². The molecule has 1 fully saturated rings. The Bertz CT molecular complexity index is 1010. The topological polar surface area (TPSA) is 95.6 Å². The van der Waals surface area contributed by atoms with Crippen LogP contribution in [0.3, 0.4) is 0 Å². The normalized spacial score (nSPS) is 15.3. The largest absolute Gasteiger partial charge is 0.343 e. The average molecular weight is 422 g/mol. The van der Waals surface area contributed by atoms with E-state index in [9.17, 15) is 18.0 Å². The third kappa shape index (κ3) is 4.63. The van der Waals surface area contributed by atoms with E-state index in [4.69, 9.17) is 11.6 Å². The van der Waals surface area contributed by atoms with Gasteiger partial charge < -0.3 is 10.6 Å². The Kier molecular flexibility index (Phi) is 5.90. The van der Waals surface area contributed by atoms with Gasteiger partial charge in [-0.3, -0.25) is 13.9 Å². The van der Waals surface area contributed by atoms with E-state index >= 15 is 0 Å². The van der Waals surface area contributed by atoms with Gasteiger partial charge in [0, 0.05) is 12.1 Å². The van der Waals surface area contributed by atoms with Crippen molar-refractivity contribution in [2.45, 2.75) is 13.3 Å². The Morgan fingerprint density at radius 1 is 1.14 bits per heavy atom. The van der Waals surface area contributed by atoms with Gasteiger partial charge in [-0.15, -0.1) is 0 Å². The molecule has 0 aromatic heterocycles. The summed E-state index contributed by atoms with van der Waals surface area (Å²) in [6.07, 6.45) is 0.588. The van der Waals surface area contributed by atoms with Crippen LogP contribution in [0.15, 0.2) is 42.5 Å². The van der Waals surface area contributed by atoms with Crippen molar-refractivity contribution >= 4 is 44.8 Å². The van der Waals surface area contributed by atoms with Crippen molar-refractivity contribution < 1.29 is 18.0 Å². The highest BCUT2D eigenvalue weighted by Gasteiger charge is 2.28. The summed E-state index contributed by atoms with van der Waals surface area (Å²) in [6.45, 7) is 2.11. The number of nitrogens with zero attached hydrogens (tertiary/aromatic N) is 1. The Labute approximate surface area is 168 Å². The minimum atomic E-state index is -3.26. The van der Waals surface area contributed by atoms with E-state index in [0.29, 0.717) is 34.9 Å². The van der Waals surface area contributed by atoms with Crippen LogP contribution in [0.2, 0.25) is 5.02 Å². The van der Waals surface area contributed by atoms with E-state index in [1.54, 1.807) is 24.3 Å². The molecule has 28 heavy (non-hydrogen) atoms. The molecule has 2 N–H and O–H groups in total. The van der Waals surface area contributed by atoms with Gasteiger partial charge in [0.1, 0.15) is 0 Å². The number of hydrogen-bond acceptors (Lipinski definition) is 4. The zero-order valence-corrected chi connectivity index (χ0v) is 16.8. The number of aryl methyl sites for hydroxylation is 1. The van der Waals surface area contributed by atoms with Crippen LogP contribution in [-0.4, -0.2) is 39.1 Å². The minimum Gasteiger partial charge on any atom is -0.343 e. The molecule has 0 aliphatic carbocycles. The third-order valence-electron chi connectivity index (χ3n) is 4.32. The number of amides is 2. The Morgan fingerprint density at radius 2 is 1.86 bits per heavy atom. The maximum atomic E-state index is 12.2. The lowest BCUT2D eigenvalue weighted by atomic mass is 10.2. The maximum absolute atomic E-state index is 12.2. The van der Waals surface area contributed by atoms with E-state index in [-0.39, 0.29) is 12.3 Å². The minimum absolute atomic E-state index is 0.134. The van der Waals surface area contributed by atoms with Gasteiger partial charge in [0.2, 0.25) is 15.9 Å². The maximum Gasteiger partial charge on any atom is 0.251 e. The van der Waals surface area contributed by atoms with Crippen molar-refractivity contribution in [3.05, 3.63) is 58.6 Å². The van der Waals surface area contributed by atoms with E-state index < -0.39 is 21.8 Å². The molecular formula is C19H20ClN3O4S. The Hall–Kier alpha value is -2.58. The van der Waals surface area contributed by atoms with Gasteiger partial charge in [-0.05, 0) is 55.3 Å². The van der Waals surface area contributed by atoms with Crippen molar-refractivity contribution in [1.29, 1.82) is 0 Å². The lowest BCUT2D eigenvalue weighted by Crippen LogP contribution is -2.33. The van der Waals surface area contributed by atoms with Crippen LogP contribution in [0, 0.1) is 6.92 Å². The van der Waals surface area contributed by atoms with Crippen molar-refractivity contribution in [3.8, 4) is 0 Å². The van der Waals surface area contributed by atoms with Crippen LogP contribution in [0.25, 0.3) is 0 Å². The number of hydrogen-bond donors (Lipinski definition) is 2. The van der Waals surface area contributed by atoms with Crippen molar-refractivity contribution in [2.24, 2.45) is 0 Å². The number of benzene rings is 2. The SMILES string of the molecule is Cc1ccc(NC(=O)CNC(=O)c2ccc(N3CCCS3(=O)=O)cc2)c(Cl)c1. The van der Waals surface area contributed by atoms with Gasteiger partial charge in [0.15, 0.2) is 0 Å². The summed E-state index contributed by atoms with van der Waals surface area (Å²) in [5.74, 6) is -0.699. The molecule has 0 radical (unpaired) electrons.